The van der Waals surface area contributed by atoms with Gasteiger partial charge in [-0.05, 0) is 43.9 Å². The van der Waals surface area contributed by atoms with Gasteiger partial charge in [-0.1, -0.05) is 18.7 Å². The van der Waals surface area contributed by atoms with Gasteiger partial charge in [0.1, 0.15) is 12.2 Å². The largest absolute Gasteiger partial charge is 0.458 e. The lowest BCUT2D eigenvalue weighted by molar-refractivity contribution is -0.147. The molecule has 0 saturated carbocycles. The lowest BCUT2D eigenvalue weighted by Gasteiger charge is -2.28. The van der Waals surface area contributed by atoms with E-state index < -0.39 is 30.1 Å². The number of carbonyl (C=O) groups excluding carboxylic acids is 2. The van der Waals surface area contributed by atoms with Gasteiger partial charge in [0.25, 0.3) is 0 Å². The topological polar surface area (TPSA) is 93.1 Å². The molecule has 6 heteroatoms. The summed E-state index contributed by atoms with van der Waals surface area (Å²) in [5, 5.41) is 19.2. The molecule has 1 aliphatic heterocycles. The second-order valence-corrected chi connectivity index (χ2v) is 6.58. The van der Waals surface area contributed by atoms with Gasteiger partial charge in [-0.25, -0.2) is 9.59 Å². The molecular weight excluding hydrogens is 336 g/mol. The maximum Gasteiger partial charge on any atom is 0.334 e. The van der Waals surface area contributed by atoms with E-state index >= 15 is 0 Å². The fourth-order valence-electron chi connectivity index (χ4n) is 3.15. The lowest BCUT2D eigenvalue weighted by Crippen LogP contribution is -2.34. The van der Waals surface area contributed by atoms with Crippen LogP contribution >= 0.6 is 0 Å². The van der Waals surface area contributed by atoms with Gasteiger partial charge in [-0.3, -0.25) is 0 Å². The van der Waals surface area contributed by atoms with Crippen LogP contribution in [0.15, 0.2) is 47.1 Å². The van der Waals surface area contributed by atoms with Gasteiger partial charge in [-0.15, -0.1) is 0 Å². The minimum Gasteiger partial charge on any atom is -0.458 e. The Morgan fingerprint density at radius 2 is 2.08 bits per heavy atom. The molecule has 2 rings (SSSR count). The fourth-order valence-corrected chi connectivity index (χ4v) is 3.15. The summed E-state index contributed by atoms with van der Waals surface area (Å²) in [6.45, 7) is 6.88. The van der Waals surface area contributed by atoms with Gasteiger partial charge >= 0.3 is 11.9 Å². The van der Waals surface area contributed by atoms with Crippen molar-refractivity contribution in [2.45, 2.75) is 45.3 Å². The number of aliphatic hydroxyl groups is 2. The Morgan fingerprint density at radius 3 is 2.69 bits per heavy atom. The first kappa shape index (κ1) is 20.1. The highest BCUT2D eigenvalue weighted by molar-refractivity contribution is 5.92. The lowest BCUT2D eigenvalue weighted by atomic mass is 9.85. The summed E-state index contributed by atoms with van der Waals surface area (Å²) in [5.74, 6) is -1.58. The van der Waals surface area contributed by atoms with Crippen molar-refractivity contribution in [3.05, 3.63) is 47.1 Å². The third-order valence-corrected chi connectivity index (χ3v) is 4.84. The summed E-state index contributed by atoms with van der Waals surface area (Å²) in [6.07, 6.45) is 5.41. The van der Waals surface area contributed by atoms with E-state index in [9.17, 15) is 19.8 Å². The molecule has 3 atom stereocenters. The summed E-state index contributed by atoms with van der Waals surface area (Å²) in [4.78, 5) is 24.4. The molecular formula is C20H26O6. The van der Waals surface area contributed by atoms with Crippen molar-refractivity contribution in [3.8, 4) is 0 Å². The molecule has 1 saturated heterocycles. The van der Waals surface area contributed by atoms with E-state index in [1.54, 1.807) is 26.0 Å². The fraction of sp³-hybridized carbons (Fsp3) is 0.500. The molecule has 6 nitrogen and oxygen atoms in total. The first-order valence-corrected chi connectivity index (χ1v) is 8.74. The van der Waals surface area contributed by atoms with Crippen LogP contribution < -0.4 is 0 Å². The number of aliphatic hydroxyl groups excluding tert-OH is 2. The Hall–Kier alpha value is -2.18. The van der Waals surface area contributed by atoms with Gasteiger partial charge in [0.2, 0.25) is 0 Å². The molecule has 0 spiro atoms. The maximum absolute atomic E-state index is 12.3. The van der Waals surface area contributed by atoms with Crippen LogP contribution in [0.1, 0.15) is 33.1 Å². The van der Waals surface area contributed by atoms with Crippen LogP contribution in [-0.2, 0) is 19.1 Å². The zero-order valence-corrected chi connectivity index (χ0v) is 15.2. The zero-order chi connectivity index (χ0) is 19.3. The number of esters is 2. The summed E-state index contributed by atoms with van der Waals surface area (Å²) in [5.41, 5.74) is 2.13. The van der Waals surface area contributed by atoms with Crippen LogP contribution in [-0.4, -0.2) is 47.6 Å². The highest BCUT2D eigenvalue weighted by Crippen LogP contribution is 2.36. The summed E-state index contributed by atoms with van der Waals surface area (Å²) < 4.78 is 11.1. The molecule has 0 aromatic heterocycles. The SMILES string of the molecule is C=C1C(=O)O[C@@H]2/C=C(\CO)CC/C=C(/CO)C[C@@H](OC(=O)/C(C)=C\C)[C@@H]12. The van der Waals surface area contributed by atoms with Gasteiger partial charge in [0, 0.05) is 17.6 Å². The molecule has 2 N–H and O–H groups in total. The first-order valence-electron chi connectivity index (χ1n) is 8.74. The Labute approximate surface area is 153 Å². The van der Waals surface area contributed by atoms with Crippen molar-refractivity contribution >= 4 is 11.9 Å². The molecule has 0 bridgehead atoms. The van der Waals surface area contributed by atoms with E-state index in [0.29, 0.717) is 30.4 Å². The van der Waals surface area contributed by atoms with Gasteiger partial charge in [0.15, 0.2) is 0 Å². The summed E-state index contributed by atoms with van der Waals surface area (Å²) >= 11 is 0. The van der Waals surface area contributed by atoms with E-state index in [1.165, 1.54) is 0 Å². The molecule has 2 aliphatic rings. The summed E-state index contributed by atoms with van der Waals surface area (Å²) in [7, 11) is 0. The molecule has 1 heterocycles. The highest BCUT2D eigenvalue weighted by atomic mass is 16.6. The third kappa shape index (κ3) is 4.51. The molecule has 1 fully saturated rings. The Balaban J connectivity index is 2.43. The van der Waals surface area contributed by atoms with E-state index in [-0.39, 0.29) is 18.8 Å². The van der Waals surface area contributed by atoms with Crippen LogP contribution in [0.3, 0.4) is 0 Å². The van der Waals surface area contributed by atoms with Gasteiger partial charge in [-0.2, -0.15) is 0 Å². The monoisotopic (exact) mass is 362 g/mol. The normalized spacial score (nSPS) is 31.2. The third-order valence-electron chi connectivity index (χ3n) is 4.84. The predicted octanol–water partition coefficient (Wildman–Crippen LogP) is 1.98. The molecule has 0 radical (unpaired) electrons. The summed E-state index contributed by atoms with van der Waals surface area (Å²) in [6, 6.07) is 0. The van der Waals surface area contributed by atoms with Crippen LogP contribution in [0, 0.1) is 5.92 Å². The number of hydrogen-bond acceptors (Lipinski definition) is 6. The average molecular weight is 362 g/mol. The average Bonchev–Trinajstić information content (AvgIpc) is 2.91. The molecule has 0 aromatic carbocycles. The molecule has 0 unspecified atom stereocenters. The second kappa shape index (κ2) is 8.96. The number of ether oxygens (including phenoxy) is 2. The molecule has 0 aromatic rings. The minimum absolute atomic E-state index is 0.155. The van der Waals surface area contributed by atoms with E-state index in [2.05, 4.69) is 6.58 Å². The first-order chi connectivity index (χ1) is 12.4. The zero-order valence-electron chi connectivity index (χ0n) is 15.2. The van der Waals surface area contributed by atoms with Crippen LogP contribution in [0.4, 0.5) is 0 Å². The van der Waals surface area contributed by atoms with Crippen molar-refractivity contribution in [1.29, 1.82) is 0 Å². The Bertz CT molecular complexity index is 668. The molecule has 0 amide bonds. The number of allylic oxidation sites excluding steroid dienone is 2. The van der Waals surface area contributed by atoms with Crippen LogP contribution in [0.2, 0.25) is 0 Å². The number of hydrogen-bond donors (Lipinski definition) is 2. The highest BCUT2D eigenvalue weighted by Gasteiger charge is 2.44. The van der Waals surface area contributed by atoms with Crippen molar-refractivity contribution in [3.63, 3.8) is 0 Å². The number of rotatable bonds is 4. The van der Waals surface area contributed by atoms with Crippen LogP contribution in [0.5, 0.6) is 0 Å². The number of carbonyl (C=O) groups is 2. The van der Waals surface area contributed by atoms with E-state index in [1.807, 2.05) is 6.08 Å². The second-order valence-electron chi connectivity index (χ2n) is 6.58. The van der Waals surface area contributed by atoms with Crippen molar-refractivity contribution in [1.82, 2.24) is 0 Å². The predicted molar refractivity (Wildman–Crippen MR) is 96.0 cm³/mol. The maximum atomic E-state index is 12.3. The number of fused-ring (bicyclic) bond motifs is 1. The van der Waals surface area contributed by atoms with Crippen LogP contribution in [0.25, 0.3) is 0 Å². The van der Waals surface area contributed by atoms with Crippen molar-refractivity contribution in [2.75, 3.05) is 13.2 Å². The Kier molecular flexibility index (Phi) is 6.94. The Morgan fingerprint density at radius 1 is 1.38 bits per heavy atom. The molecule has 142 valence electrons. The molecule has 26 heavy (non-hydrogen) atoms. The van der Waals surface area contributed by atoms with E-state index in [4.69, 9.17) is 9.47 Å². The van der Waals surface area contributed by atoms with Gasteiger partial charge in [0.05, 0.1) is 19.1 Å². The quantitative estimate of drug-likeness (QED) is 0.451. The molecule has 1 aliphatic carbocycles. The van der Waals surface area contributed by atoms with Crippen molar-refractivity contribution < 1.29 is 29.3 Å². The van der Waals surface area contributed by atoms with Crippen molar-refractivity contribution in [2.24, 2.45) is 5.92 Å². The standard InChI is InChI=1S/C20H26O6/c1-4-12(2)19(23)25-16-8-14(10-21)6-5-7-15(11-22)9-17-18(16)13(3)20(24)26-17/h4,6,9,16-18,21-22H,3,5,7-8,10-11H2,1-2H3/b12-4-,14-6+,15-9-/t16-,17-,18-/m1/s1. The van der Waals surface area contributed by atoms with E-state index in [0.717, 1.165) is 5.57 Å². The smallest absolute Gasteiger partial charge is 0.334 e. The minimum atomic E-state index is -0.700. The van der Waals surface area contributed by atoms with Gasteiger partial charge < -0.3 is 19.7 Å².